The molecule has 0 saturated heterocycles. The summed E-state index contributed by atoms with van der Waals surface area (Å²) < 4.78 is 12.1. The van der Waals surface area contributed by atoms with Crippen molar-refractivity contribution in [1.29, 1.82) is 0 Å². The first-order valence-corrected chi connectivity index (χ1v) is 10.1. The molecule has 1 unspecified atom stereocenters. The molecule has 0 spiro atoms. The van der Waals surface area contributed by atoms with E-state index in [1.807, 2.05) is 62.4 Å². The van der Waals surface area contributed by atoms with Gasteiger partial charge in [0.2, 0.25) is 0 Å². The molecule has 150 valence electrons. The van der Waals surface area contributed by atoms with Crippen LogP contribution in [0.2, 0.25) is 0 Å². The Hall–Kier alpha value is -2.70. The summed E-state index contributed by atoms with van der Waals surface area (Å²) >= 11 is 3.40. The van der Waals surface area contributed by atoms with Crippen molar-refractivity contribution in [3.05, 3.63) is 82.1 Å². The monoisotopic (exact) mass is 454 g/mol. The molecule has 1 atom stereocenters. The molecule has 3 aromatic rings. The molecule has 0 fully saturated rings. The predicted molar refractivity (Wildman–Crippen MR) is 118 cm³/mol. The fourth-order valence-corrected chi connectivity index (χ4v) is 3.08. The number of methoxy groups -OCH3 is 1. The van der Waals surface area contributed by atoms with Gasteiger partial charge in [-0.25, -0.2) is 0 Å². The highest BCUT2D eigenvalue weighted by Crippen LogP contribution is 2.26. The van der Waals surface area contributed by atoms with Crippen molar-refractivity contribution >= 4 is 27.5 Å². The summed E-state index contributed by atoms with van der Waals surface area (Å²) in [4.78, 5) is 17.2. The number of anilines is 1. The quantitative estimate of drug-likeness (QED) is 0.491. The Labute approximate surface area is 179 Å². The second-order valence-electron chi connectivity index (χ2n) is 6.72. The number of carbonyl (C=O) groups excluding carboxylic acids is 1. The van der Waals surface area contributed by atoms with E-state index in [0.29, 0.717) is 29.1 Å². The number of ether oxygens (including phenoxy) is 2. The third-order valence-corrected chi connectivity index (χ3v) is 4.96. The number of hydrogen-bond acceptors (Lipinski definition) is 4. The molecule has 29 heavy (non-hydrogen) atoms. The van der Waals surface area contributed by atoms with E-state index in [4.69, 9.17) is 9.47 Å². The summed E-state index contributed by atoms with van der Waals surface area (Å²) in [7, 11) is 1.67. The van der Waals surface area contributed by atoms with Crippen LogP contribution < -0.4 is 10.1 Å². The molecule has 0 aliphatic carbocycles. The number of benzene rings is 2. The van der Waals surface area contributed by atoms with Crippen LogP contribution in [-0.4, -0.2) is 24.1 Å². The number of pyridine rings is 1. The lowest BCUT2D eigenvalue weighted by Crippen LogP contribution is -2.16. The van der Waals surface area contributed by atoms with E-state index in [2.05, 4.69) is 26.2 Å². The molecule has 1 amide bonds. The molecule has 0 radical (unpaired) electrons. The van der Waals surface area contributed by atoms with Crippen molar-refractivity contribution < 1.29 is 14.3 Å². The molecule has 1 heterocycles. The Kier molecular flexibility index (Phi) is 7.01. The zero-order valence-electron chi connectivity index (χ0n) is 16.6. The molecule has 0 saturated carbocycles. The van der Waals surface area contributed by atoms with E-state index in [9.17, 15) is 4.79 Å². The van der Waals surface area contributed by atoms with Crippen LogP contribution in [0.25, 0.3) is 0 Å². The fourth-order valence-electron chi connectivity index (χ4n) is 2.82. The molecule has 3 rings (SSSR count). The number of carbonyl (C=O) groups is 1. The summed E-state index contributed by atoms with van der Waals surface area (Å²) in [5.41, 5.74) is 2.78. The Morgan fingerprint density at radius 1 is 1.10 bits per heavy atom. The lowest BCUT2D eigenvalue weighted by Gasteiger charge is -2.12. The normalized spacial score (nSPS) is 11.7. The van der Waals surface area contributed by atoms with Gasteiger partial charge in [0.05, 0.1) is 17.4 Å². The number of nitrogens with one attached hydrogen (secondary N) is 1. The standard InChI is InChI=1S/C23H23BrN2O3/c1-15(28-3)13-19-9-12-22(16(2)25-19)23(27)26-18-5-4-6-21(14-18)29-20-10-7-17(24)8-11-20/h4-12,14-15H,13H2,1-3H3,(H,26,27). The van der Waals surface area contributed by atoms with Gasteiger partial charge >= 0.3 is 0 Å². The lowest BCUT2D eigenvalue weighted by molar-refractivity contribution is 0.102. The number of halogens is 1. The molecule has 0 aliphatic rings. The number of aromatic nitrogens is 1. The SMILES string of the molecule is COC(C)Cc1ccc(C(=O)Nc2cccc(Oc3ccc(Br)cc3)c2)c(C)n1. The smallest absolute Gasteiger partial charge is 0.257 e. The van der Waals surface area contributed by atoms with Gasteiger partial charge in [-0.1, -0.05) is 22.0 Å². The van der Waals surface area contributed by atoms with E-state index >= 15 is 0 Å². The van der Waals surface area contributed by atoms with Crippen molar-refractivity contribution in [1.82, 2.24) is 4.98 Å². The summed E-state index contributed by atoms with van der Waals surface area (Å²) in [6.07, 6.45) is 0.782. The van der Waals surface area contributed by atoms with Gasteiger partial charge in [0, 0.05) is 35.5 Å². The van der Waals surface area contributed by atoms with Crippen LogP contribution in [-0.2, 0) is 11.2 Å². The number of rotatable bonds is 7. The largest absolute Gasteiger partial charge is 0.457 e. The minimum absolute atomic E-state index is 0.0787. The maximum Gasteiger partial charge on any atom is 0.257 e. The van der Waals surface area contributed by atoms with Crippen molar-refractivity contribution in [2.45, 2.75) is 26.4 Å². The van der Waals surface area contributed by atoms with Crippen LogP contribution in [0, 0.1) is 6.92 Å². The van der Waals surface area contributed by atoms with Crippen molar-refractivity contribution in [3.8, 4) is 11.5 Å². The Morgan fingerprint density at radius 2 is 1.86 bits per heavy atom. The topological polar surface area (TPSA) is 60.5 Å². The second kappa shape index (κ2) is 9.67. The average Bonchev–Trinajstić information content (AvgIpc) is 2.70. The number of nitrogens with zero attached hydrogens (tertiary/aromatic N) is 1. The van der Waals surface area contributed by atoms with E-state index in [0.717, 1.165) is 15.9 Å². The van der Waals surface area contributed by atoms with Gasteiger partial charge in [0.15, 0.2) is 0 Å². The minimum Gasteiger partial charge on any atom is -0.457 e. The summed E-state index contributed by atoms with van der Waals surface area (Å²) in [6.45, 7) is 3.82. The highest BCUT2D eigenvalue weighted by Gasteiger charge is 2.13. The summed E-state index contributed by atoms with van der Waals surface area (Å²) in [6, 6.07) is 18.5. The van der Waals surface area contributed by atoms with E-state index in [-0.39, 0.29) is 12.0 Å². The maximum absolute atomic E-state index is 12.7. The van der Waals surface area contributed by atoms with Crippen LogP contribution in [0.3, 0.4) is 0 Å². The summed E-state index contributed by atoms with van der Waals surface area (Å²) in [5.74, 6) is 1.16. The van der Waals surface area contributed by atoms with Gasteiger partial charge in [-0.15, -0.1) is 0 Å². The second-order valence-corrected chi connectivity index (χ2v) is 7.64. The molecule has 2 aromatic carbocycles. The molecular formula is C23H23BrN2O3. The Bertz CT molecular complexity index is 990. The molecule has 1 aromatic heterocycles. The average molecular weight is 455 g/mol. The molecule has 0 bridgehead atoms. The van der Waals surface area contributed by atoms with E-state index in [1.165, 1.54) is 0 Å². The number of aryl methyl sites for hydroxylation is 1. The third-order valence-electron chi connectivity index (χ3n) is 4.43. The maximum atomic E-state index is 12.7. The first kappa shape index (κ1) is 21.0. The fraction of sp³-hybridized carbons (Fsp3) is 0.217. The van der Waals surface area contributed by atoms with Gasteiger partial charge in [-0.05, 0) is 62.4 Å². The van der Waals surface area contributed by atoms with Crippen molar-refractivity contribution in [2.75, 3.05) is 12.4 Å². The zero-order valence-corrected chi connectivity index (χ0v) is 18.2. The molecule has 5 nitrogen and oxygen atoms in total. The third kappa shape index (κ3) is 5.89. The van der Waals surface area contributed by atoms with Crippen LogP contribution >= 0.6 is 15.9 Å². The Balaban J connectivity index is 1.69. The highest BCUT2D eigenvalue weighted by molar-refractivity contribution is 9.10. The lowest BCUT2D eigenvalue weighted by atomic mass is 10.1. The van der Waals surface area contributed by atoms with Crippen LogP contribution in [0.5, 0.6) is 11.5 Å². The van der Waals surface area contributed by atoms with E-state index in [1.54, 1.807) is 19.2 Å². The minimum atomic E-state index is -0.206. The number of hydrogen-bond donors (Lipinski definition) is 1. The first-order valence-electron chi connectivity index (χ1n) is 9.29. The first-order chi connectivity index (χ1) is 13.9. The molecule has 0 aliphatic heterocycles. The predicted octanol–water partition coefficient (Wildman–Crippen LogP) is 5.77. The molecule has 1 N–H and O–H groups in total. The molecule has 6 heteroatoms. The van der Waals surface area contributed by atoms with E-state index < -0.39 is 0 Å². The number of amides is 1. The van der Waals surface area contributed by atoms with Gasteiger partial charge in [-0.2, -0.15) is 0 Å². The van der Waals surface area contributed by atoms with Crippen molar-refractivity contribution in [3.63, 3.8) is 0 Å². The van der Waals surface area contributed by atoms with Crippen LogP contribution in [0.1, 0.15) is 28.7 Å². The van der Waals surface area contributed by atoms with Gasteiger partial charge in [0.25, 0.3) is 5.91 Å². The van der Waals surface area contributed by atoms with Gasteiger partial charge < -0.3 is 14.8 Å². The van der Waals surface area contributed by atoms with Crippen LogP contribution in [0.15, 0.2) is 65.1 Å². The van der Waals surface area contributed by atoms with Gasteiger partial charge in [0.1, 0.15) is 11.5 Å². The highest BCUT2D eigenvalue weighted by atomic mass is 79.9. The summed E-state index contributed by atoms with van der Waals surface area (Å²) in [5, 5.41) is 2.91. The molecular weight excluding hydrogens is 432 g/mol. The van der Waals surface area contributed by atoms with Crippen LogP contribution in [0.4, 0.5) is 5.69 Å². The van der Waals surface area contributed by atoms with Crippen molar-refractivity contribution in [2.24, 2.45) is 0 Å². The zero-order chi connectivity index (χ0) is 20.8. The van der Waals surface area contributed by atoms with Gasteiger partial charge in [-0.3, -0.25) is 9.78 Å². The Morgan fingerprint density at radius 3 is 2.55 bits per heavy atom.